The highest BCUT2D eigenvalue weighted by atomic mass is 32.1. The average molecular weight is 345 g/mol. The lowest BCUT2D eigenvalue weighted by Crippen LogP contribution is -2.23. The summed E-state index contributed by atoms with van der Waals surface area (Å²) in [6, 6.07) is 5.24. The Labute approximate surface area is 144 Å². The van der Waals surface area contributed by atoms with Gasteiger partial charge in [0.25, 0.3) is 5.91 Å². The molecular formula is C16H19N5O2S. The highest BCUT2D eigenvalue weighted by molar-refractivity contribution is 7.18. The van der Waals surface area contributed by atoms with Crippen molar-refractivity contribution < 1.29 is 9.59 Å². The van der Waals surface area contributed by atoms with Crippen molar-refractivity contribution in [2.24, 2.45) is 5.92 Å². The largest absolute Gasteiger partial charge is 0.347 e. The SMILES string of the molecule is CN(C)c1nccc(CNC(=O)c2ccc(NC(=O)C3CC3)s2)n1. The first-order valence-corrected chi connectivity index (χ1v) is 8.53. The second kappa shape index (κ2) is 6.96. The lowest BCUT2D eigenvalue weighted by molar-refractivity contribution is -0.117. The van der Waals surface area contributed by atoms with Gasteiger partial charge in [0.15, 0.2) is 0 Å². The Morgan fingerprint density at radius 1 is 1.29 bits per heavy atom. The smallest absolute Gasteiger partial charge is 0.261 e. The molecule has 2 amide bonds. The van der Waals surface area contributed by atoms with E-state index in [0.29, 0.717) is 22.4 Å². The number of aromatic nitrogens is 2. The highest BCUT2D eigenvalue weighted by Crippen LogP contribution is 2.31. The summed E-state index contributed by atoms with van der Waals surface area (Å²) in [4.78, 5) is 34.8. The van der Waals surface area contributed by atoms with E-state index in [1.165, 1.54) is 11.3 Å². The summed E-state index contributed by atoms with van der Waals surface area (Å²) in [7, 11) is 3.72. The van der Waals surface area contributed by atoms with Crippen LogP contribution in [0.1, 0.15) is 28.2 Å². The van der Waals surface area contributed by atoms with Gasteiger partial charge in [-0.3, -0.25) is 9.59 Å². The quantitative estimate of drug-likeness (QED) is 0.835. The van der Waals surface area contributed by atoms with Gasteiger partial charge >= 0.3 is 0 Å². The number of hydrogen-bond donors (Lipinski definition) is 2. The van der Waals surface area contributed by atoms with Crippen molar-refractivity contribution in [1.29, 1.82) is 0 Å². The number of anilines is 2. The van der Waals surface area contributed by atoms with Crippen molar-refractivity contribution in [1.82, 2.24) is 15.3 Å². The number of rotatable bonds is 6. The van der Waals surface area contributed by atoms with E-state index in [2.05, 4.69) is 20.6 Å². The topological polar surface area (TPSA) is 87.2 Å². The van der Waals surface area contributed by atoms with Crippen LogP contribution in [0.5, 0.6) is 0 Å². The van der Waals surface area contributed by atoms with Crippen LogP contribution >= 0.6 is 11.3 Å². The predicted molar refractivity (Wildman–Crippen MR) is 93.2 cm³/mol. The number of nitrogens with one attached hydrogen (secondary N) is 2. The molecule has 24 heavy (non-hydrogen) atoms. The van der Waals surface area contributed by atoms with Crippen LogP contribution in [0.3, 0.4) is 0 Å². The van der Waals surface area contributed by atoms with Gasteiger partial charge in [-0.1, -0.05) is 0 Å². The van der Waals surface area contributed by atoms with Crippen LogP contribution < -0.4 is 15.5 Å². The molecule has 2 N–H and O–H groups in total. The zero-order chi connectivity index (χ0) is 17.1. The fourth-order valence-electron chi connectivity index (χ4n) is 2.05. The van der Waals surface area contributed by atoms with E-state index < -0.39 is 0 Å². The first-order chi connectivity index (χ1) is 11.5. The number of nitrogens with zero attached hydrogens (tertiary/aromatic N) is 3. The molecule has 2 heterocycles. The van der Waals surface area contributed by atoms with Crippen molar-refractivity contribution in [3.63, 3.8) is 0 Å². The van der Waals surface area contributed by atoms with Gasteiger partial charge in [0.1, 0.15) is 0 Å². The minimum absolute atomic E-state index is 0.0426. The van der Waals surface area contributed by atoms with E-state index in [9.17, 15) is 9.59 Å². The third kappa shape index (κ3) is 4.08. The molecule has 1 aliphatic carbocycles. The predicted octanol–water partition coefficient (Wildman–Crippen LogP) is 1.88. The molecule has 7 nitrogen and oxygen atoms in total. The zero-order valence-corrected chi connectivity index (χ0v) is 14.4. The van der Waals surface area contributed by atoms with E-state index in [0.717, 1.165) is 18.5 Å². The molecule has 3 rings (SSSR count). The summed E-state index contributed by atoms with van der Waals surface area (Å²) in [5.74, 6) is 0.605. The normalized spacial score (nSPS) is 13.4. The van der Waals surface area contributed by atoms with Crippen LogP contribution in [-0.2, 0) is 11.3 Å². The summed E-state index contributed by atoms with van der Waals surface area (Å²) in [5, 5.41) is 6.38. The summed E-state index contributed by atoms with van der Waals surface area (Å²) >= 11 is 1.27. The molecular weight excluding hydrogens is 326 g/mol. The van der Waals surface area contributed by atoms with Crippen LogP contribution in [0.15, 0.2) is 24.4 Å². The minimum atomic E-state index is -0.183. The Morgan fingerprint density at radius 2 is 2.08 bits per heavy atom. The standard InChI is InChI=1S/C16H19N5O2S/c1-21(2)16-17-8-7-11(19-16)9-18-15(23)12-5-6-13(24-12)20-14(22)10-3-4-10/h5-8,10H,3-4,9H2,1-2H3,(H,18,23)(H,20,22). The molecule has 0 aromatic carbocycles. The summed E-state index contributed by atoms with van der Waals surface area (Å²) in [6.45, 7) is 0.323. The van der Waals surface area contributed by atoms with Gasteiger partial charge in [0.05, 0.1) is 22.1 Å². The van der Waals surface area contributed by atoms with E-state index in [4.69, 9.17) is 0 Å². The highest BCUT2D eigenvalue weighted by Gasteiger charge is 2.29. The second-order valence-electron chi connectivity index (χ2n) is 5.85. The molecule has 2 aromatic heterocycles. The Balaban J connectivity index is 1.56. The molecule has 0 radical (unpaired) electrons. The maximum absolute atomic E-state index is 12.2. The molecule has 0 atom stereocenters. The fraction of sp³-hybridized carbons (Fsp3) is 0.375. The Bertz CT molecular complexity index is 754. The molecule has 1 aliphatic rings. The Kier molecular flexibility index (Phi) is 4.75. The molecule has 2 aromatic rings. The van der Waals surface area contributed by atoms with Crippen LogP contribution in [0, 0.1) is 5.92 Å². The summed E-state index contributed by atoms with van der Waals surface area (Å²) in [5.41, 5.74) is 0.737. The second-order valence-corrected chi connectivity index (χ2v) is 6.94. The molecule has 8 heteroatoms. The van der Waals surface area contributed by atoms with E-state index >= 15 is 0 Å². The third-order valence-corrected chi connectivity index (χ3v) is 4.55. The maximum Gasteiger partial charge on any atom is 0.261 e. The first-order valence-electron chi connectivity index (χ1n) is 7.71. The number of hydrogen-bond acceptors (Lipinski definition) is 6. The van der Waals surface area contributed by atoms with Gasteiger partial charge in [-0.15, -0.1) is 11.3 Å². The maximum atomic E-state index is 12.2. The molecule has 0 spiro atoms. The molecule has 126 valence electrons. The van der Waals surface area contributed by atoms with Crippen molar-refractivity contribution in [3.8, 4) is 0 Å². The Morgan fingerprint density at radius 3 is 2.79 bits per heavy atom. The molecule has 0 saturated heterocycles. The first kappa shape index (κ1) is 16.4. The lowest BCUT2D eigenvalue weighted by Gasteiger charge is -2.10. The number of amides is 2. The minimum Gasteiger partial charge on any atom is -0.347 e. The van der Waals surface area contributed by atoms with Crippen molar-refractivity contribution in [3.05, 3.63) is 35.0 Å². The molecule has 1 saturated carbocycles. The van der Waals surface area contributed by atoms with Crippen molar-refractivity contribution in [2.75, 3.05) is 24.3 Å². The van der Waals surface area contributed by atoms with Gasteiger partial charge < -0.3 is 15.5 Å². The molecule has 0 unspecified atom stereocenters. The van der Waals surface area contributed by atoms with Gasteiger partial charge in [-0.2, -0.15) is 0 Å². The van der Waals surface area contributed by atoms with Crippen LogP contribution in [-0.4, -0.2) is 35.9 Å². The summed E-state index contributed by atoms with van der Waals surface area (Å²) in [6.07, 6.45) is 3.58. The fourth-order valence-corrected chi connectivity index (χ4v) is 2.88. The van der Waals surface area contributed by atoms with E-state index in [1.807, 2.05) is 14.1 Å². The van der Waals surface area contributed by atoms with Crippen LogP contribution in [0.2, 0.25) is 0 Å². The molecule has 0 aliphatic heterocycles. The monoisotopic (exact) mass is 345 g/mol. The molecule has 0 bridgehead atoms. The zero-order valence-electron chi connectivity index (χ0n) is 13.6. The van der Waals surface area contributed by atoms with Gasteiger partial charge in [0.2, 0.25) is 11.9 Å². The van der Waals surface area contributed by atoms with Crippen LogP contribution in [0.4, 0.5) is 10.9 Å². The molecule has 1 fully saturated rings. The number of carbonyl (C=O) groups is 2. The van der Waals surface area contributed by atoms with Gasteiger partial charge in [-0.25, -0.2) is 9.97 Å². The van der Waals surface area contributed by atoms with Crippen molar-refractivity contribution in [2.45, 2.75) is 19.4 Å². The van der Waals surface area contributed by atoms with Gasteiger partial charge in [-0.05, 0) is 31.0 Å². The number of carbonyl (C=O) groups excluding carboxylic acids is 2. The Hall–Kier alpha value is -2.48. The van der Waals surface area contributed by atoms with E-state index in [1.54, 1.807) is 29.3 Å². The number of thiophene rings is 1. The van der Waals surface area contributed by atoms with Crippen molar-refractivity contribution >= 4 is 34.1 Å². The third-order valence-electron chi connectivity index (χ3n) is 3.55. The summed E-state index contributed by atoms with van der Waals surface area (Å²) < 4.78 is 0. The van der Waals surface area contributed by atoms with Gasteiger partial charge in [0, 0.05) is 26.2 Å². The van der Waals surface area contributed by atoms with E-state index in [-0.39, 0.29) is 17.7 Å². The average Bonchev–Trinajstić information content (AvgIpc) is 3.33. The van der Waals surface area contributed by atoms with Crippen LogP contribution in [0.25, 0.3) is 0 Å². The lowest BCUT2D eigenvalue weighted by atomic mass is 10.3.